The Labute approximate surface area is 198 Å². The first-order valence-corrected chi connectivity index (χ1v) is 12.1. The number of carbonyl (C=O) groups excluding carboxylic acids is 1. The fraction of sp³-hybridized carbons (Fsp3) is 0.200. The summed E-state index contributed by atoms with van der Waals surface area (Å²) in [6, 6.07) is 16.5. The number of benzene rings is 2. The van der Waals surface area contributed by atoms with Crippen molar-refractivity contribution in [3.8, 4) is 11.5 Å². The lowest BCUT2D eigenvalue weighted by molar-refractivity contribution is 0.0729. The number of aromatic nitrogens is 1. The number of carbonyl (C=O) groups is 1. The van der Waals surface area contributed by atoms with Gasteiger partial charge < -0.3 is 14.2 Å². The van der Waals surface area contributed by atoms with Crippen LogP contribution in [0.4, 0.5) is 0 Å². The molecule has 1 aromatic heterocycles. The van der Waals surface area contributed by atoms with Gasteiger partial charge in [0.25, 0.3) is 0 Å². The summed E-state index contributed by atoms with van der Waals surface area (Å²) in [7, 11) is -2.14. The van der Waals surface area contributed by atoms with Crippen LogP contribution >= 0.6 is 0 Å². The van der Waals surface area contributed by atoms with Crippen molar-refractivity contribution in [2.45, 2.75) is 4.90 Å². The normalized spacial score (nSPS) is 14.7. The summed E-state index contributed by atoms with van der Waals surface area (Å²) < 4.78 is 43.0. The molecule has 34 heavy (non-hydrogen) atoms. The molecule has 0 atom stereocenters. The predicted octanol–water partition coefficient (Wildman–Crippen LogP) is 3.50. The van der Waals surface area contributed by atoms with Crippen LogP contribution < -0.4 is 9.47 Å². The van der Waals surface area contributed by atoms with Crippen molar-refractivity contribution in [2.75, 3.05) is 33.4 Å². The first-order valence-electron chi connectivity index (χ1n) is 10.6. The second-order valence-corrected chi connectivity index (χ2v) is 9.37. The van der Waals surface area contributed by atoms with Gasteiger partial charge in [-0.1, -0.05) is 18.2 Å². The van der Waals surface area contributed by atoms with Crippen molar-refractivity contribution in [3.63, 3.8) is 0 Å². The SMILES string of the molecule is COc1cc(/C=C/c2ccccn2)ccc1OC(=O)c1ccc(S(=O)(=O)N2CCOCC2)cc1. The van der Waals surface area contributed by atoms with E-state index in [4.69, 9.17) is 14.2 Å². The maximum absolute atomic E-state index is 12.7. The molecule has 0 N–H and O–H groups in total. The van der Waals surface area contributed by atoms with Crippen LogP contribution in [-0.2, 0) is 14.8 Å². The molecular formula is C25H24N2O6S. The van der Waals surface area contributed by atoms with Crippen LogP contribution in [0.15, 0.2) is 71.8 Å². The minimum Gasteiger partial charge on any atom is -0.493 e. The van der Waals surface area contributed by atoms with Crippen molar-refractivity contribution in [1.82, 2.24) is 9.29 Å². The first-order chi connectivity index (χ1) is 16.5. The van der Waals surface area contributed by atoms with Crippen molar-refractivity contribution in [2.24, 2.45) is 0 Å². The van der Waals surface area contributed by atoms with Crippen molar-refractivity contribution < 1.29 is 27.4 Å². The minimum atomic E-state index is -3.63. The topological polar surface area (TPSA) is 95.0 Å². The van der Waals surface area contributed by atoms with Crippen LogP contribution in [0.1, 0.15) is 21.6 Å². The van der Waals surface area contributed by atoms with Crippen LogP contribution in [-0.4, -0.2) is 57.1 Å². The van der Waals surface area contributed by atoms with Crippen LogP contribution in [0.5, 0.6) is 11.5 Å². The van der Waals surface area contributed by atoms with Gasteiger partial charge in [-0.25, -0.2) is 13.2 Å². The Kier molecular flexibility index (Phi) is 7.36. The summed E-state index contributed by atoms with van der Waals surface area (Å²) in [6.07, 6.45) is 5.46. The number of nitrogens with zero attached hydrogens (tertiary/aromatic N) is 2. The van der Waals surface area contributed by atoms with Gasteiger partial charge in [0.05, 0.1) is 36.5 Å². The van der Waals surface area contributed by atoms with E-state index < -0.39 is 16.0 Å². The molecule has 0 radical (unpaired) electrons. The number of rotatable bonds is 7. The van der Waals surface area contributed by atoms with Crippen molar-refractivity contribution in [1.29, 1.82) is 0 Å². The van der Waals surface area contributed by atoms with Gasteiger partial charge in [0, 0.05) is 19.3 Å². The number of ether oxygens (including phenoxy) is 3. The maximum atomic E-state index is 12.7. The second kappa shape index (κ2) is 10.6. The standard InChI is InChI=1S/C25H24N2O6S/c1-31-24-18-19(5-9-21-4-2-3-13-26-21)6-12-23(24)33-25(28)20-7-10-22(11-8-20)34(29,30)27-14-16-32-17-15-27/h2-13,18H,14-17H2,1H3/b9-5+. The molecular weight excluding hydrogens is 456 g/mol. The van der Waals surface area contributed by atoms with Gasteiger partial charge in [-0.3, -0.25) is 4.98 Å². The summed E-state index contributed by atoms with van der Waals surface area (Å²) in [5, 5.41) is 0. The molecule has 1 fully saturated rings. The molecule has 0 spiro atoms. The number of methoxy groups -OCH3 is 1. The van der Waals surface area contributed by atoms with Crippen LogP contribution in [0.25, 0.3) is 12.2 Å². The number of hydrogen-bond acceptors (Lipinski definition) is 7. The lowest BCUT2D eigenvalue weighted by atomic mass is 10.1. The van der Waals surface area contributed by atoms with Gasteiger partial charge >= 0.3 is 5.97 Å². The maximum Gasteiger partial charge on any atom is 0.343 e. The molecule has 2 aromatic carbocycles. The number of hydrogen-bond donors (Lipinski definition) is 0. The molecule has 0 amide bonds. The largest absolute Gasteiger partial charge is 0.493 e. The van der Waals surface area contributed by atoms with Crippen LogP contribution in [0.2, 0.25) is 0 Å². The summed E-state index contributed by atoms with van der Waals surface area (Å²) in [4.78, 5) is 17.0. The van der Waals surface area contributed by atoms with E-state index in [2.05, 4.69) is 4.98 Å². The van der Waals surface area contributed by atoms with Crippen LogP contribution in [0, 0.1) is 0 Å². The van der Waals surface area contributed by atoms with Crippen molar-refractivity contribution in [3.05, 3.63) is 83.7 Å². The quantitative estimate of drug-likeness (QED) is 0.377. The molecule has 0 bridgehead atoms. The Morgan fingerprint density at radius 3 is 2.44 bits per heavy atom. The summed E-state index contributed by atoms with van der Waals surface area (Å²) in [6.45, 7) is 1.34. The van der Waals surface area contributed by atoms with E-state index in [1.807, 2.05) is 30.4 Å². The summed E-state index contributed by atoms with van der Waals surface area (Å²) in [5.74, 6) is 0.0286. The van der Waals surface area contributed by atoms with E-state index in [0.29, 0.717) is 32.1 Å². The Bertz CT molecular complexity index is 1270. The number of pyridine rings is 1. The predicted molar refractivity (Wildman–Crippen MR) is 127 cm³/mol. The molecule has 0 saturated carbocycles. The van der Waals surface area contributed by atoms with E-state index in [9.17, 15) is 13.2 Å². The minimum absolute atomic E-state index is 0.118. The molecule has 0 aliphatic carbocycles. The molecule has 4 rings (SSSR count). The van der Waals surface area contributed by atoms with Gasteiger partial charge in [-0.15, -0.1) is 0 Å². The lowest BCUT2D eigenvalue weighted by Crippen LogP contribution is -2.40. The second-order valence-electron chi connectivity index (χ2n) is 7.43. The Hall–Kier alpha value is -3.53. The molecule has 176 valence electrons. The third kappa shape index (κ3) is 5.51. The molecule has 9 heteroatoms. The summed E-state index contributed by atoms with van der Waals surface area (Å²) >= 11 is 0. The summed E-state index contributed by atoms with van der Waals surface area (Å²) in [5.41, 5.74) is 1.89. The Morgan fingerprint density at radius 1 is 1.00 bits per heavy atom. The van der Waals surface area contributed by atoms with E-state index in [1.165, 1.54) is 35.7 Å². The van der Waals surface area contributed by atoms with Gasteiger partial charge in [0.15, 0.2) is 11.5 Å². The van der Waals surface area contributed by atoms with Gasteiger partial charge in [-0.2, -0.15) is 4.31 Å². The molecule has 3 aromatic rings. The highest BCUT2D eigenvalue weighted by Crippen LogP contribution is 2.30. The highest BCUT2D eigenvalue weighted by atomic mass is 32.2. The van der Waals surface area contributed by atoms with E-state index in [-0.39, 0.29) is 16.2 Å². The molecule has 1 aliphatic rings. The molecule has 2 heterocycles. The number of sulfonamides is 1. The van der Waals surface area contributed by atoms with Crippen LogP contribution in [0.3, 0.4) is 0 Å². The highest BCUT2D eigenvalue weighted by molar-refractivity contribution is 7.89. The van der Waals surface area contributed by atoms with Crippen molar-refractivity contribution >= 4 is 28.1 Å². The smallest absolute Gasteiger partial charge is 0.343 e. The fourth-order valence-corrected chi connectivity index (χ4v) is 4.79. The first kappa shape index (κ1) is 23.6. The van der Waals surface area contributed by atoms with E-state index in [1.54, 1.807) is 24.4 Å². The highest BCUT2D eigenvalue weighted by Gasteiger charge is 2.26. The molecule has 1 saturated heterocycles. The van der Waals surface area contributed by atoms with Gasteiger partial charge in [0.1, 0.15) is 0 Å². The van der Waals surface area contributed by atoms with E-state index in [0.717, 1.165) is 11.3 Å². The fourth-order valence-electron chi connectivity index (χ4n) is 3.39. The zero-order valence-electron chi connectivity index (χ0n) is 18.6. The number of esters is 1. The zero-order chi connectivity index (χ0) is 24.0. The third-order valence-corrected chi connectivity index (χ3v) is 7.14. The van der Waals surface area contributed by atoms with Gasteiger partial charge in [0.2, 0.25) is 10.0 Å². The van der Waals surface area contributed by atoms with Gasteiger partial charge in [-0.05, 0) is 60.2 Å². The molecule has 8 nitrogen and oxygen atoms in total. The molecule has 1 aliphatic heterocycles. The third-order valence-electron chi connectivity index (χ3n) is 5.22. The Balaban J connectivity index is 1.46. The Morgan fingerprint density at radius 2 is 1.76 bits per heavy atom. The zero-order valence-corrected chi connectivity index (χ0v) is 19.4. The number of morpholine rings is 1. The molecule has 0 unspecified atom stereocenters. The van der Waals surface area contributed by atoms with E-state index >= 15 is 0 Å². The monoisotopic (exact) mass is 480 g/mol. The average molecular weight is 481 g/mol. The average Bonchev–Trinajstić information content (AvgIpc) is 2.89. The lowest BCUT2D eigenvalue weighted by Gasteiger charge is -2.26.